The van der Waals surface area contributed by atoms with Crippen molar-refractivity contribution in [3.05, 3.63) is 88.4 Å². The Morgan fingerprint density at radius 3 is 2.41 bits per heavy atom. The van der Waals surface area contributed by atoms with Crippen LogP contribution in [0.4, 0.5) is 0 Å². The lowest BCUT2D eigenvalue weighted by molar-refractivity contribution is 0.0717. The lowest BCUT2D eigenvalue weighted by atomic mass is 9.57. The van der Waals surface area contributed by atoms with Gasteiger partial charge in [-0.05, 0) is 66.8 Å². The molecular formula is C26H26ClNO. The predicted molar refractivity (Wildman–Crippen MR) is 120 cm³/mol. The minimum absolute atomic E-state index is 0.0168. The lowest BCUT2D eigenvalue weighted by Gasteiger charge is -2.54. The zero-order valence-corrected chi connectivity index (χ0v) is 17.5. The Hall–Kier alpha value is -2.29. The van der Waals surface area contributed by atoms with Crippen molar-refractivity contribution in [1.29, 1.82) is 0 Å². The first kappa shape index (κ1) is 18.7. The molecule has 1 fully saturated rings. The molecule has 0 bridgehead atoms. The van der Waals surface area contributed by atoms with Crippen LogP contribution in [0.1, 0.15) is 42.0 Å². The molecule has 3 aromatic carbocycles. The molecule has 29 heavy (non-hydrogen) atoms. The summed E-state index contributed by atoms with van der Waals surface area (Å²) < 4.78 is 0. The van der Waals surface area contributed by atoms with Crippen LogP contribution in [0.2, 0.25) is 5.02 Å². The Morgan fingerprint density at radius 2 is 1.72 bits per heavy atom. The highest BCUT2D eigenvalue weighted by Crippen LogP contribution is 2.57. The van der Waals surface area contributed by atoms with Gasteiger partial charge in [0.2, 0.25) is 0 Å². The van der Waals surface area contributed by atoms with Gasteiger partial charge in [0.05, 0.1) is 0 Å². The van der Waals surface area contributed by atoms with Crippen molar-refractivity contribution in [3.63, 3.8) is 0 Å². The van der Waals surface area contributed by atoms with Crippen LogP contribution in [-0.2, 0) is 11.8 Å². The van der Waals surface area contributed by atoms with E-state index in [2.05, 4.69) is 42.3 Å². The second-order valence-corrected chi connectivity index (χ2v) is 8.96. The molecule has 3 aromatic rings. The SMILES string of the molecule is CN1CCc2cc(-c3ccccc3)c(O)cc2C1C1(c2ccccc2Cl)CCC1. The molecule has 1 aliphatic heterocycles. The zero-order chi connectivity index (χ0) is 20.0. The van der Waals surface area contributed by atoms with Gasteiger partial charge < -0.3 is 5.11 Å². The number of hydrogen-bond donors (Lipinski definition) is 1. The maximum Gasteiger partial charge on any atom is 0.123 e. The quantitative estimate of drug-likeness (QED) is 0.549. The summed E-state index contributed by atoms with van der Waals surface area (Å²) in [7, 11) is 2.21. The van der Waals surface area contributed by atoms with Crippen LogP contribution in [0.15, 0.2) is 66.7 Å². The molecule has 0 saturated heterocycles. The molecule has 3 heteroatoms. The zero-order valence-electron chi connectivity index (χ0n) is 16.7. The first-order valence-electron chi connectivity index (χ1n) is 10.5. The summed E-state index contributed by atoms with van der Waals surface area (Å²) in [6.07, 6.45) is 4.48. The number of benzene rings is 3. The number of phenols is 1. The summed E-state index contributed by atoms with van der Waals surface area (Å²) in [6.45, 7) is 1.02. The van der Waals surface area contributed by atoms with E-state index in [1.54, 1.807) is 0 Å². The van der Waals surface area contributed by atoms with Gasteiger partial charge in [-0.1, -0.05) is 66.6 Å². The predicted octanol–water partition coefficient (Wildman–Crippen LogP) is 6.36. The number of fused-ring (bicyclic) bond motifs is 1. The molecule has 1 aliphatic carbocycles. The van der Waals surface area contributed by atoms with E-state index in [1.807, 2.05) is 36.4 Å². The summed E-state index contributed by atoms with van der Waals surface area (Å²) in [5, 5.41) is 11.8. The van der Waals surface area contributed by atoms with Gasteiger partial charge >= 0.3 is 0 Å². The van der Waals surface area contributed by atoms with Crippen LogP contribution >= 0.6 is 11.6 Å². The second-order valence-electron chi connectivity index (χ2n) is 8.56. The normalized spacial score (nSPS) is 20.7. The summed E-state index contributed by atoms with van der Waals surface area (Å²) in [5.74, 6) is 0.365. The molecule has 148 valence electrons. The average molecular weight is 404 g/mol. The van der Waals surface area contributed by atoms with Crippen LogP contribution in [0.25, 0.3) is 11.1 Å². The van der Waals surface area contributed by atoms with E-state index in [9.17, 15) is 5.11 Å². The van der Waals surface area contributed by atoms with Gasteiger partial charge in [0.15, 0.2) is 0 Å². The smallest absolute Gasteiger partial charge is 0.123 e. The standard InChI is InChI=1S/C26H26ClNO/c1-28-15-12-19-16-20(18-8-3-2-4-9-18)24(29)17-21(19)25(28)26(13-7-14-26)22-10-5-6-11-23(22)27/h2-6,8-11,16-17,25,29H,7,12-15H2,1H3. The summed E-state index contributed by atoms with van der Waals surface area (Å²) in [4.78, 5) is 2.46. The van der Waals surface area contributed by atoms with E-state index in [-0.39, 0.29) is 11.5 Å². The average Bonchev–Trinajstić information content (AvgIpc) is 2.70. The Morgan fingerprint density at radius 1 is 1.00 bits per heavy atom. The fourth-order valence-electron chi connectivity index (χ4n) is 5.46. The first-order valence-corrected chi connectivity index (χ1v) is 10.8. The molecule has 0 aromatic heterocycles. The minimum Gasteiger partial charge on any atom is -0.507 e. The van der Waals surface area contributed by atoms with Gasteiger partial charge in [0, 0.05) is 28.6 Å². The van der Waals surface area contributed by atoms with Crippen molar-refractivity contribution in [2.75, 3.05) is 13.6 Å². The molecule has 0 amide bonds. The molecule has 5 rings (SSSR count). The van der Waals surface area contributed by atoms with Gasteiger partial charge in [-0.2, -0.15) is 0 Å². The topological polar surface area (TPSA) is 23.5 Å². The van der Waals surface area contributed by atoms with E-state index in [4.69, 9.17) is 11.6 Å². The molecule has 0 radical (unpaired) electrons. The largest absolute Gasteiger partial charge is 0.507 e. The molecule has 2 nitrogen and oxygen atoms in total. The Bertz CT molecular complexity index is 1040. The summed E-state index contributed by atoms with van der Waals surface area (Å²) in [6, 6.07) is 22.9. The maximum atomic E-state index is 11.0. The van der Waals surface area contributed by atoms with Gasteiger partial charge in [0.25, 0.3) is 0 Å². The highest BCUT2D eigenvalue weighted by atomic mass is 35.5. The van der Waals surface area contributed by atoms with Crippen molar-refractivity contribution in [2.45, 2.75) is 37.1 Å². The number of nitrogens with zero attached hydrogens (tertiary/aromatic N) is 1. The molecule has 1 saturated carbocycles. The van der Waals surface area contributed by atoms with Crippen molar-refractivity contribution >= 4 is 11.6 Å². The third-order valence-electron chi connectivity index (χ3n) is 6.99. The van der Waals surface area contributed by atoms with E-state index in [0.717, 1.165) is 42.0 Å². The molecule has 1 unspecified atom stereocenters. The molecule has 0 spiro atoms. The fraction of sp³-hybridized carbons (Fsp3) is 0.308. The van der Waals surface area contributed by atoms with Crippen LogP contribution in [0, 0.1) is 0 Å². The van der Waals surface area contributed by atoms with Gasteiger partial charge in [-0.15, -0.1) is 0 Å². The molecule has 1 N–H and O–H groups in total. The van der Waals surface area contributed by atoms with Crippen LogP contribution in [0.5, 0.6) is 5.75 Å². The van der Waals surface area contributed by atoms with Crippen LogP contribution < -0.4 is 0 Å². The van der Waals surface area contributed by atoms with E-state index < -0.39 is 0 Å². The molecule has 1 atom stereocenters. The second kappa shape index (κ2) is 7.19. The third-order valence-corrected chi connectivity index (χ3v) is 7.32. The summed E-state index contributed by atoms with van der Waals surface area (Å²) in [5.41, 5.74) is 5.87. The summed E-state index contributed by atoms with van der Waals surface area (Å²) >= 11 is 6.68. The number of hydrogen-bond acceptors (Lipinski definition) is 2. The Kier molecular flexibility index (Phi) is 4.64. The first-order chi connectivity index (χ1) is 14.1. The number of aromatic hydroxyl groups is 1. The van der Waals surface area contributed by atoms with Gasteiger partial charge in [-0.3, -0.25) is 4.90 Å². The fourth-order valence-corrected chi connectivity index (χ4v) is 5.79. The van der Waals surface area contributed by atoms with Crippen molar-refractivity contribution in [1.82, 2.24) is 4.90 Å². The highest BCUT2D eigenvalue weighted by molar-refractivity contribution is 6.31. The minimum atomic E-state index is 0.0168. The van der Waals surface area contributed by atoms with Crippen LogP contribution in [-0.4, -0.2) is 23.6 Å². The van der Waals surface area contributed by atoms with Gasteiger partial charge in [-0.25, -0.2) is 0 Å². The Balaban J connectivity index is 1.65. The molecular weight excluding hydrogens is 378 g/mol. The number of rotatable bonds is 3. The molecule has 2 aliphatic rings. The number of halogens is 1. The molecule has 1 heterocycles. The van der Waals surface area contributed by atoms with Crippen molar-refractivity contribution < 1.29 is 5.11 Å². The monoisotopic (exact) mass is 403 g/mol. The van der Waals surface area contributed by atoms with Crippen molar-refractivity contribution in [2.24, 2.45) is 0 Å². The van der Waals surface area contributed by atoms with E-state index in [1.165, 1.54) is 23.1 Å². The van der Waals surface area contributed by atoms with Gasteiger partial charge in [0.1, 0.15) is 5.75 Å². The number of phenolic OH excluding ortho intramolecular Hbond substituents is 1. The number of likely N-dealkylation sites (N-methyl/N-ethyl adjacent to an activating group) is 1. The lowest BCUT2D eigenvalue weighted by Crippen LogP contribution is -2.50. The Labute approximate surface area is 177 Å². The van der Waals surface area contributed by atoms with E-state index in [0.29, 0.717) is 5.75 Å². The highest BCUT2D eigenvalue weighted by Gasteiger charge is 2.50. The van der Waals surface area contributed by atoms with Crippen LogP contribution in [0.3, 0.4) is 0 Å². The van der Waals surface area contributed by atoms with E-state index >= 15 is 0 Å². The third kappa shape index (κ3) is 2.97. The van der Waals surface area contributed by atoms with Crippen molar-refractivity contribution in [3.8, 4) is 16.9 Å². The maximum absolute atomic E-state index is 11.0.